The Hall–Kier alpha value is -4.84. The van der Waals surface area contributed by atoms with Gasteiger partial charge in [-0.3, -0.25) is 9.59 Å². The number of unbranched alkanes of at least 4 members (excludes halogenated alkanes) is 4. The normalized spacial score (nSPS) is 13.0. The monoisotopic (exact) mass is 672 g/mol. The minimum atomic E-state index is -0.0816. The van der Waals surface area contributed by atoms with Crippen LogP contribution in [0.15, 0.2) is 72.8 Å². The minimum Gasteiger partial charge on any atom is -0.494 e. The smallest absolute Gasteiger partial charge is 0.194 e. The van der Waals surface area contributed by atoms with E-state index in [4.69, 9.17) is 18.9 Å². The predicted molar refractivity (Wildman–Crippen MR) is 199 cm³/mol. The summed E-state index contributed by atoms with van der Waals surface area (Å²) in [5, 5.41) is 0. The summed E-state index contributed by atoms with van der Waals surface area (Å²) in [6, 6.07) is 23.1. The van der Waals surface area contributed by atoms with Crippen molar-refractivity contribution in [2.75, 3.05) is 26.4 Å². The summed E-state index contributed by atoms with van der Waals surface area (Å²) in [5.41, 5.74) is 7.19. The summed E-state index contributed by atoms with van der Waals surface area (Å²) in [6.45, 7) is 10.8. The first kappa shape index (κ1) is 35.0. The van der Waals surface area contributed by atoms with Crippen molar-refractivity contribution in [3.05, 3.63) is 117 Å². The third-order valence-electron chi connectivity index (χ3n) is 9.34. The van der Waals surface area contributed by atoms with Gasteiger partial charge in [-0.05, 0) is 132 Å². The Morgan fingerprint density at radius 1 is 0.360 bits per heavy atom. The van der Waals surface area contributed by atoms with Crippen molar-refractivity contribution in [2.24, 2.45) is 0 Å². The Labute approximate surface area is 296 Å². The summed E-state index contributed by atoms with van der Waals surface area (Å²) in [7, 11) is 0. The van der Waals surface area contributed by atoms with E-state index in [0.717, 1.165) is 84.8 Å². The molecule has 0 saturated heterocycles. The highest BCUT2D eigenvalue weighted by Crippen LogP contribution is 2.49. The Morgan fingerprint density at radius 2 is 0.640 bits per heavy atom. The molecule has 0 radical (unpaired) electrons. The molecule has 0 aliphatic heterocycles. The van der Waals surface area contributed by atoms with E-state index in [1.165, 1.54) is 0 Å². The molecule has 6 heteroatoms. The summed E-state index contributed by atoms with van der Waals surface area (Å²) in [6.07, 6.45) is 7.77. The summed E-state index contributed by atoms with van der Waals surface area (Å²) in [4.78, 5) is 28.6. The number of ketones is 2. The van der Waals surface area contributed by atoms with Gasteiger partial charge in [0.1, 0.15) is 23.0 Å². The predicted octanol–water partition coefficient (Wildman–Crippen LogP) is 10.5. The van der Waals surface area contributed by atoms with Gasteiger partial charge in [-0.25, -0.2) is 0 Å². The maximum absolute atomic E-state index is 14.4. The highest BCUT2D eigenvalue weighted by molar-refractivity contribution is 6.27. The largest absolute Gasteiger partial charge is 0.494 e. The van der Waals surface area contributed by atoms with Crippen molar-refractivity contribution in [3.63, 3.8) is 0 Å². The van der Waals surface area contributed by atoms with Gasteiger partial charge in [0.2, 0.25) is 0 Å². The first-order valence-corrected chi connectivity index (χ1v) is 18.4. The molecular weight excluding hydrogens is 624 g/mol. The van der Waals surface area contributed by atoms with Gasteiger partial charge in [-0.2, -0.15) is 0 Å². The number of fused-ring (bicyclic) bond motifs is 4. The van der Waals surface area contributed by atoms with E-state index in [9.17, 15) is 9.59 Å². The number of carbonyl (C=O) groups is 2. The second-order valence-corrected chi connectivity index (χ2v) is 13.0. The van der Waals surface area contributed by atoms with Gasteiger partial charge in [-0.15, -0.1) is 0 Å². The van der Waals surface area contributed by atoms with Crippen LogP contribution in [0, 0.1) is 0 Å². The van der Waals surface area contributed by atoms with Crippen molar-refractivity contribution in [1.29, 1.82) is 0 Å². The van der Waals surface area contributed by atoms with Gasteiger partial charge in [0.25, 0.3) is 0 Å². The van der Waals surface area contributed by atoms with Crippen LogP contribution in [0.5, 0.6) is 23.0 Å². The zero-order valence-corrected chi connectivity index (χ0v) is 29.9. The molecule has 260 valence electrons. The quantitative estimate of drug-likeness (QED) is 0.0953. The fourth-order valence-corrected chi connectivity index (χ4v) is 6.53. The second-order valence-electron chi connectivity index (χ2n) is 13.0. The van der Waals surface area contributed by atoms with Crippen molar-refractivity contribution < 1.29 is 28.5 Å². The van der Waals surface area contributed by atoms with E-state index in [2.05, 4.69) is 27.7 Å². The van der Waals surface area contributed by atoms with Gasteiger partial charge in [0.05, 0.1) is 26.4 Å². The lowest BCUT2D eigenvalue weighted by Gasteiger charge is -2.30. The lowest BCUT2D eigenvalue weighted by atomic mass is 9.72. The zero-order valence-electron chi connectivity index (χ0n) is 29.9. The molecule has 6 rings (SSSR count). The highest BCUT2D eigenvalue weighted by Gasteiger charge is 2.36. The van der Waals surface area contributed by atoms with Crippen LogP contribution in [-0.4, -0.2) is 38.0 Å². The van der Waals surface area contributed by atoms with Gasteiger partial charge in [-0.1, -0.05) is 53.4 Å². The van der Waals surface area contributed by atoms with Crippen LogP contribution in [0.4, 0.5) is 0 Å². The third-order valence-corrected chi connectivity index (χ3v) is 9.34. The van der Waals surface area contributed by atoms with E-state index in [-0.39, 0.29) is 11.6 Å². The van der Waals surface area contributed by atoms with Crippen LogP contribution in [-0.2, 0) is 0 Å². The number of hydrogen-bond acceptors (Lipinski definition) is 6. The van der Waals surface area contributed by atoms with Gasteiger partial charge in [0, 0.05) is 22.3 Å². The van der Waals surface area contributed by atoms with Crippen LogP contribution in [0.25, 0.3) is 11.1 Å². The zero-order chi connectivity index (χ0) is 35.0. The maximum Gasteiger partial charge on any atom is 0.194 e. The van der Waals surface area contributed by atoms with Gasteiger partial charge >= 0.3 is 0 Å². The molecule has 2 aliphatic carbocycles. The van der Waals surface area contributed by atoms with E-state index >= 15 is 0 Å². The molecule has 0 amide bonds. The molecule has 0 spiro atoms. The SMILES string of the molecule is CCCCOc1ccc2c(c1)C(=O)c1cc(OCCCC)ccc1C2=C1c2cc(OCCCC)ccc2C(=O)c2ccc(OCCCC)cc21. The molecule has 4 aromatic carbocycles. The van der Waals surface area contributed by atoms with Crippen molar-refractivity contribution >= 4 is 22.7 Å². The summed E-state index contributed by atoms with van der Waals surface area (Å²) < 4.78 is 24.6. The molecule has 0 N–H and O–H groups in total. The fourth-order valence-electron chi connectivity index (χ4n) is 6.53. The Bertz CT molecular complexity index is 1770. The van der Waals surface area contributed by atoms with E-state index in [1.54, 1.807) is 0 Å². The number of rotatable bonds is 16. The van der Waals surface area contributed by atoms with Crippen LogP contribution in [0.1, 0.15) is 133 Å². The summed E-state index contributed by atoms with van der Waals surface area (Å²) >= 11 is 0. The average Bonchev–Trinajstić information content (AvgIpc) is 3.13. The van der Waals surface area contributed by atoms with Crippen LogP contribution < -0.4 is 18.9 Å². The third kappa shape index (κ3) is 7.21. The lowest BCUT2D eigenvalue weighted by molar-refractivity contribution is 0.102. The number of ether oxygens (including phenoxy) is 4. The molecular formula is C44H48O6. The first-order chi connectivity index (χ1) is 24.5. The van der Waals surface area contributed by atoms with Crippen molar-refractivity contribution in [3.8, 4) is 23.0 Å². The van der Waals surface area contributed by atoms with Gasteiger partial charge in [0.15, 0.2) is 11.6 Å². The standard InChI is InChI=1S/C44H48O6/c1-5-9-21-47-29-15-19-35-37(25-29)42(38-26-30(48-22-10-6-2)16-20-36(38)43(35)45)41-33-17-13-31(49-23-11-7-3)27-39(33)44(46)40-28-32(14-18-34(40)41)50-24-12-8-4/h13-20,25-28H,5-12,21-24H2,1-4H3. The highest BCUT2D eigenvalue weighted by atomic mass is 16.5. The number of hydrogen-bond donors (Lipinski definition) is 0. The molecule has 0 bridgehead atoms. The lowest BCUT2D eigenvalue weighted by Crippen LogP contribution is -2.20. The molecule has 4 aromatic rings. The number of benzene rings is 4. The Balaban J connectivity index is 1.63. The first-order valence-electron chi connectivity index (χ1n) is 18.4. The molecule has 0 fully saturated rings. The second kappa shape index (κ2) is 16.2. The van der Waals surface area contributed by atoms with Crippen molar-refractivity contribution in [1.82, 2.24) is 0 Å². The molecule has 0 aromatic heterocycles. The maximum atomic E-state index is 14.4. The van der Waals surface area contributed by atoms with E-state index in [1.807, 2.05) is 72.8 Å². The van der Waals surface area contributed by atoms with Crippen LogP contribution in [0.3, 0.4) is 0 Å². The number of carbonyl (C=O) groups excluding carboxylic acids is 2. The fraction of sp³-hybridized carbons (Fsp3) is 0.364. The molecule has 0 atom stereocenters. The van der Waals surface area contributed by atoms with E-state index in [0.29, 0.717) is 71.7 Å². The van der Waals surface area contributed by atoms with Crippen LogP contribution >= 0.6 is 0 Å². The van der Waals surface area contributed by atoms with Gasteiger partial charge < -0.3 is 18.9 Å². The molecule has 0 saturated carbocycles. The van der Waals surface area contributed by atoms with Crippen molar-refractivity contribution in [2.45, 2.75) is 79.1 Å². The summed E-state index contributed by atoms with van der Waals surface area (Å²) in [5.74, 6) is 2.59. The van der Waals surface area contributed by atoms with Crippen LogP contribution in [0.2, 0.25) is 0 Å². The molecule has 50 heavy (non-hydrogen) atoms. The molecule has 2 aliphatic rings. The topological polar surface area (TPSA) is 71.1 Å². The molecule has 6 nitrogen and oxygen atoms in total. The Kier molecular flexibility index (Phi) is 11.4. The van der Waals surface area contributed by atoms with E-state index < -0.39 is 0 Å². The Morgan fingerprint density at radius 3 is 0.980 bits per heavy atom. The minimum absolute atomic E-state index is 0.0498. The average molecular weight is 673 g/mol. The molecule has 0 heterocycles. The molecule has 0 unspecified atom stereocenters.